The number of hydrogen-bond acceptors (Lipinski definition) is 3. The third-order valence-electron chi connectivity index (χ3n) is 2.67. The summed E-state index contributed by atoms with van der Waals surface area (Å²) in [5.74, 6) is 1.60. The average Bonchev–Trinajstić information content (AvgIpc) is 2.30. The van der Waals surface area contributed by atoms with Crippen LogP contribution in [0, 0.1) is 5.92 Å². The molecule has 0 atom stereocenters. The Morgan fingerprint density at radius 2 is 2.06 bits per heavy atom. The van der Waals surface area contributed by atoms with Crippen molar-refractivity contribution in [1.29, 1.82) is 0 Å². The zero-order valence-electron chi connectivity index (χ0n) is 11.6. The summed E-state index contributed by atoms with van der Waals surface area (Å²) in [4.78, 5) is 9.11. The highest BCUT2D eigenvalue weighted by Crippen LogP contribution is 2.09. The lowest BCUT2D eigenvalue weighted by Crippen LogP contribution is -2.16. The van der Waals surface area contributed by atoms with Gasteiger partial charge in [0.25, 0.3) is 0 Å². The topological polar surface area (TPSA) is 37.8 Å². The highest BCUT2D eigenvalue weighted by atomic mass is 14.9. The first-order valence-corrected chi connectivity index (χ1v) is 6.71. The fourth-order valence-electron chi connectivity index (χ4n) is 1.80. The van der Waals surface area contributed by atoms with Crippen LogP contribution in [-0.4, -0.2) is 16.5 Å². The normalized spacial score (nSPS) is 11.1. The Kier molecular flexibility index (Phi) is 6.12. The summed E-state index contributed by atoms with van der Waals surface area (Å²) in [6.07, 6.45) is 5.10. The Balaban J connectivity index is 2.71. The number of aryl methyl sites for hydroxylation is 1. The first-order chi connectivity index (χ1) is 8.17. The molecule has 0 aromatic carbocycles. The van der Waals surface area contributed by atoms with E-state index in [1.165, 1.54) is 11.3 Å². The average molecular weight is 235 g/mol. The van der Waals surface area contributed by atoms with Crippen molar-refractivity contribution >= 4 is 0 Å². The molecule has 0 unspecified atom stereocenters. The van der Waals surface area contributed by atoms with Gasteiger partial charge >= 0.3 is 0 Å². The molecule has 0 amide bonds. The van der Waals surface area contributed by atoms with E-state index < -0.39 is 0 Å². The number of hydrogen-bond donors (Lipinski definition) is 1. The predicted molar refractivity (Wildman–Crippen MR) is 71.9 cm³/mol. The van der Waals surface area contributed by atoms with Crippen LogP contribution in [-0.2, 0) is 19.4 Å². The predicted octanol–water partition coefficient (Wildman–Crippen LogP) is 2.74. The Morgan fingerprint density at radius 3 is 2.65 bits per heavy atom. The number of aromatic nitrogens is 2. The lowest BCUT2D eigenvalue weighted by Gasteiger charge is -2.10. The van der Waals surface area contributed by atoms with Gasteiger partial charge in [-0.15, -0.1) is 0 Å². The van der Waals surface area contributed by atoms with Crippen LogP contribution in [0.2, 0.25) is 0 Å². The summed E-state index contributed by atoms with van der Waals surface area (Å²) < 4.78 is 0. The Hall–Kier alpha value is -0.960. The summed E-state index contributed by atoms with van der Waals surface area (Å²) in [5, 5.41) is 3.41. The van der Waals surface area contributed by atoms with Crippen molar-refractivity contribution < 1.29 is 0 Å². The van der Waals surface area contributed by atoms with Crippen molar-refractivity contribution in [3.8, 4) is 0 Å². The molecule has 0 saturated heterocycles. The zero-order chi connectivity index (χ0) is 12.7. The van der Waals surface area contributed by atoms with Crippen molar-refractivity contribution in [2.24, 2.45) is 5.92 Å². The molecule has 96 valence electrons. The van der Waals surface area contributed by atoms with Crippen molar-refractivity contribution in [3.63, 3.8) is 0 Å². The third-order valence-corrected chi connectivity index (χ3v) is 2.67. The fourth-order valence-corrected chi connectivity index (χ4v) is 1.80. The maximum absolute atomic E-state index is 4.66. The molecule has 0 aliphatic carbocycles. The number of nitrogens with zero attached hydrogens (tertiary/aromatic N) is 2. The van der Waals surface area contributed by atoms with Crippen LogP contribution >= 0.6 is 0 Å². The second-order valence-corrected chi connectivity index (χ2v) is 4.89. The molecule has 1 rings (SSSR count). The second kappa shape index (κ2) is 7.38. The van der Waals surface area contributed by atoms with Crippen molar-refractivity contribution in [2.45, 2.75) is 53.5 Å². The minimum atomic E-state index is 0.615. The van der Waals surface area contributed by atoms with Gasteiger partial charge in [0.05, 0.1) is 0 Å². The molecule has 0 aliphatic heterocycles. The SMILES string of the molecule is CCCNCc1cnc(CC(C)C)nc1CC. The minimum Gasteiger partial charge on any atom is -0.313 e. The van der Waals surface area contributed by atoms with Crippen LogP contribution < -0.4 is 5.32 Å². The molecular weight excluding hydrogens is 210 g/mol. The quantitative estimate of drug-likeness (QED) is 0.738. The molecule has 3 heteroatoms. The summed E-state index contributed by atoms with van der Waals surface area (Å²) in [6, 6.07) is 0. The first kappa shape index (κ1) is 14.1. The van der Waals surface area contributed by atoms with Crippen LogP contribution in [0.25, 0.3) is 0 Å². The molecule has 0 spiro atoms. The minimum absolute atomic E-state index is 0.615. The molecule has 17 heavy (non-hydrogen) atoms. The molecule has 0 fully saturated rings. The molecule has 3 nitrogen and oxygen atoms in total. The van der Waals surface area contributed by atoms with E-state index >= 15 is 0 Å². The molecule has 0 bridgehead atoms. The summed E-state index contributed by atoms with van der Waals surface area (Å²) in [6.45, 7) is 10.7. The largest absolute Gasteiger partial charge is 0.313 e. The van der Waals surface area contributed by atoms with Crippen LogP contribution in [0.3, 0.4) is 0 Å². The summed E-state index contributed by atoms with van der Waals surface area (Å²) in [5.41, 5.74) is 2.44. The number of nitrogens with one attached hydrogen (secondary N) is 1. The molecule has 0 saturated carbocycles. The lowest BCUT2D eigenvalue weighted by molar-refractivity contribution is 0.611. The van der Waals surface area contributed by atoms with Gasteiger partial charge in [0.1, 0.15) is 5.82 Å². The highest BCUT2D eigenvalue weighted by Gasteiger charge is 2.06. The van der Waals surface area contributed by atoms with Gasteiger partial charge in [0, 0.05) is 30.4 Å². The van der Waals surface area contributed by atoms with Crippen LogP contribution in [0.15, 0.2) is 6.20 Å². The van der Waals surface area contributed by atoms with E-state index in [9.17, 15) is 0 Å². The fraction of sp³-hybridized carbons (Fsp3) is 0.714. The highest BCUT2D eigenvalue weighted by molar-refractivity contribution is 5.17. The summed E-state index contributed by atoms with van der Waals surface area (Å²) >= 11 is 0. The summed E-state index contributed by atoms with van der Waals surface area (Å²) in [7, 11) is 0. The standard InChI is InChI=1S/C14H25N3/c1-5-7-15-9-12-10-16-14(8-11(3)4)17-13(12)6-2/h10-11,15H,5-9H2,1-4H3. The van der Waals surface area contributed by atoms with Crippen molar-refractivity contribution in [1.82, 2.24) is 15.3 Å². The van der Waals surface area contributed by atoms with Gasteiger partial charge in [-0.05, 0) is 25.3 Å². The molecule has 1 aromatic heterocycles. The van der Waals surface area contributed by atoms with E-state index in [4.69, 9.17) is 0 Å². The van der Waals surface area contributed by atoms with E-state index in [1.807, 2.05) is 6.20 Å². The van der Waals surface area contributed by atoms with E-state index in [0.717, 1.165) is 38.2 Å². The van der Waals surface area contributed by atoms with E-state index in [-0.39, 0.29) is 0 Å². The monoisotopic (exact) mass is 235 g/mol. The Morgan fingerprint density at radius 1 is 1.29 bits per heavy atom. The van der Waals surface area contributed by atoms with Gasteiger partial charge < -0.3 is 5.32 Å². The smallest absolute Gasteiger partial charge is 0.128 e. The zero-order valence-corrected chi connectivity index (χ0v) is 11.6. The van der Waals surface area contributed by atoms with E-state index in [2.05, 4.69) is 43.0 Å². The molecule has 1 N–H and O–H groups in total. The van der Waals surface area contributed by atoms with Gasteiger partial charge in [-0.1, -0.05) is 27.7 Å². The maximum atomic E-state index is 4.66. The lowest BCUT2D eigenvalue weighted by atomic mass is 10.1. The number of rotatable bonds is 7. The van der Waals surface area contributed by atoms with Crippen molar-refractivity contribution in [2.75, 3.05) is 6.54 Å². The van der Waals surface area contributed by atoms with Crippen LogP contribution in [0.1, 0.15) is 51.2 Å². The third kappa shape index (κ3) is 4.82. The van der Waals surface area contributed by atoms with Gasteiger partial charge in [-0.2, -0.15) is 0 Å². The first-order valence-electron chi connectivity index (χ1n) is 6.71. The van der Waals surface area contributed by atoms with Gasteiger partial charge in [-0.3, -0.25) is 0 Å². The van der Waals surface area contributed by atoms with Gasteiger partial charge in [0.2, 0.25) is 0 Å². The second-order valence-electron chi connectivity index (χ2n) is 4.89. The van der Waals surface area contributed by atoms with E-state index in [0.29, 0.717) is 5.92 Å². The Labute approximate surface area is 105 Å². The van der Waals surface area contributed by atoms with Crippen LogP contribution in [0.5, 0.6) is 0 Å². The van der Waals surface area contributed by atoms with Gasteiger partial charge in [0.15, 0.2) is 0 Å². The molecule has 0 aliphatic rings. The maximum Gasteiger partial charge on any atom is 0.128 e. The van der Waals surface area contributed by atoms with Crippen LogP contribution in [0.4, 0.5) is 0 Å². The van der Waals surface area contributed by atoms with Gasteiger partial charge in [-0.25, -0.2) is 9.97 Å². The molecule has 1 heterocycles. The molecule has 0 radical (unpaired) electrons. The molecular formula is C14H25N3. The van der Waals surface area contributed by atoms with Crippen molar-refractivity contribution in [3.05, 3.63) is 23.3 Å². The van der Waals surface area contributed by atoms with E-state index in [1.54, 1.807) is 0 Å². The Bertz CT molecular complexity index is 334. The molecule has 1 aromatic rings.